The number of rotatable bonds is 3. The Morgan fingerprint density at radius 1 is 1.69 bits per heavy atom. The SMILES string of the molecule is Cc1sc(Br)cc1C(Cl)CC1CC1. The molecule has 0 amide bonds. The van der Waals surface area contributed by atoms with Gasteiger partial charge in [0.25, 0.3) is 0 Å². The lowest BCUT2D eigenvalue weighted by molar-refractivity contribution is 0.706. The van der Waals surface area contributed by atoms with E-state index in [1.165, 1.54) is 27.1 Å². The highest BCUT2D eigenvalue weighted by atomic mass is 79.9. The van der Waals surface area contributed by atoms with E-state index in [-0.39, 0.29) is 5.38 Å². The summed E-state index contributed by atoms with van der Waals surface area (Å²) in [5.41, 5.74) is 1.32. The molecular weight excluding hydrogens is 268 g/mol. The van der Waals surface area contributed by atoms with E-state index in [1.807, 2.05) is 0 Å². The third-order valence-corrected chi connectivity index (χ3v) is 4.48. The second-order valence-corrected chi connectivity index (χ2v) is 6.87. The summed E-state index contributed by atoms with van der Waals surface area (Å²) in [7, 11) is 0. The van der Waals surface area contributed by atoms with Crippen LogP contribution in [-0.4, -0.2) is 0 Å². The monoisotopic (exact) mass is 278 g/mol. The van der Waals surface area contributed by atoms with E-state index in [1.54, 1.807) is 11.3 Å². The highest BCUT2D eigenvalue weighted by Gasteiger charge is 2.26. The molecule has 1 saturated carbocycles. The molecular formula is C10H12BrClS. The summed E-state index contributed by atoms with van der Waals surface area (Å²) < 4.78 is 1.20. The van der Waals surface area contributed by atoms with E-state index in [9.17, 15) is 0 Å². The molecule has 1 fully saturated rings. The zero-order valence-electron chi connectivity index (χ0n) is 7.52. The van der Waals surface area contributed by atoms with Crippen LogP contribution in [0.15, 0.2) is 9.85 Å². The maximum atomic E-state index is 6.35. The zero-order valence-corrected chi connectivity index (χ0v) is 10.7. The van der Waals surface area contributed by atoms with E-state index >= 15 is 0 Å². The summed E-state index contributed by atoms with van der Waals surface area (Å²) in [5, 5.41) is 0.232. The Bertz CT molecular complexity index is 304. The number of thiophene rings is 1. The number of hydrogen-bond donors (Lipinski definition) is 0. The van der Waals surface area contributed by atoms with Crippen molar-refractivity contribution in [2.75, 3.05) is 0 Å². The standard InChI is InChI=1S/C10H12BrClS/c1-6-8(5-10(11)13-6)9(12)4-7-2-3-7/h5,7,9H,2-4H2,1H3. The van der Waals surface area contributed by atoms with Crippen LogP contribution < -0.4 is 0 Å². The third-order valence-electron chi connectivity index (χ3n) is 2.50. The average Bonchev–Trinajstić information content (AvgIpc) is 2.77. The fourth-order valence-corrected chi connectivity index (χ4v) is 3.86. The molecule has 72 valence electrons. The molecule has 1 unspecified atom stereocenters. The minimum Gasteiger partial charge on any atom is -0.133 e. The molecule has 1 heterocycles. The van der Waals surface area contributed by atoms with Crippen LogP contribution in [0.1, 0.15) is 35.1 Å². The summed E-state index contributed by atoms with van der Waals surface area (Å²) in [6, 6.07) is 2.17. The van der Waals surface area contributed by atoms with Gasteiger partial charge in [-0.3, -0.25) is 0 Å². The van der Waals surface area contributed by atoms with Gasteiger partial charge in [0.05, 0.1) is 9.16 Å². The van der Waals surface area contributed by atoms with Crippen LogP contribution in [-0.2, 0) is 0 Å². The number of halogens is 2. The van der Waals surface area contributed by atoms with Gasteiger partial charge in [-0.1, -0.05) is 12.8 Å². The minimum absolute atomic E-state index is 0.232. The highest BCUT2D eigenvalue weighted by molar-refractivity contribution is 9.11. The molecule has 0 nitrogen and oxygen atoms in total. The topological polar surface area (TPSA) is 0 Å². The van der Waals surface area contributed by atoms with Crippen LogP contribution in [0, 0.1) is 12.8 Å². The van der Waals surface area contributed by atoms with Crippen molar-refractivity contribution in [3.8, 4) is 0 Å². The Morgan fingerprint density at radius 2 is 2.38 bits per heavy atom. The zero-order chi connectivity index (χ0) is 9.42. The molecule has 1 aromatic heterocycles. The summed E-state index contributed by atoms with van der Waals surface area (Å²) in [6.07, 6.45) is 3.92. The van der Waals surface area contributed by atoms with Crippen molar-refractivity contribution in [3.05, 3.63) is 20.3 Å². The molecule has 1 atom stereocenters. The predicted octanol–water partition coefficient (Wildman–Crippen LogP) is 4.90. The molecule has 0 N–H and O–H groups in total. The van der Waals surface area contributed by atoms with Gasteiger partial charge in [0.2, 0.25) is 0 Å². The molecule has 1 aliphatic rings. The Hall–Kier alpha value is 0.470. The molecule has 0 radical (unpaired) electrons. The van der Waals surface area contributed by atoms with E-state index in [4.69, 9.17) is 11.6 Å². The fraction of sp³-hybridized carbons (Fsp3) is 0.600. The van der Waals surface area contributed by atoms with Gasteiger partial charge in [0, 0.05) is 4.88 Å². The van der Waals surface area contributed by atoms with Crippen molar-refractivity contribution in [1.29, 1.82) is 0 Å². The van der Waals surface area contributed by atoms with Gasteiger partial charge >= 0.3 is 0 Å². The van der Waals surface area contributed by atoms with Crippen LogP contribution in [0.3, 0.4) is 0 Å². The summed E-state index contributed by atoms with van der Waals surface area (Å²) in [5.74, 6) is 0.903. The molecule has 1 aliphatic carbocycles. The Morgan fingerprint density at radius 3 is 2.85 bits per heavy atom. The predicted molar refractivity (Wildman–Crippen MR) is 62.7 cm³/mol. The first-order chi connectivity index (χ1) is 6.16. The van der Waals surface area contributed by atoms with E-state index in [0.717, 1.165) is 12.3 Å². The normalized spacial score (nSPS) is 19.0. The van der Waals surface area contributed by atoms with Crippen molar-refractivity contribution < 1.29 is 0 Å². The van der Waals surface area contributed by atoms with Crippen LogP contribution in [0.2, 0.25) is 0 Å². The van der Waals surface area contributed by atoms with Gasteiger partial charge in [-0.15, -0.1) is 22.9 Å². The molecule has 0 bridgehead atoms. The second-order valence-electron chi connectivity index (χ2n) is 3.71. The molecule has 0 aromatic carbocycles. The fourth-order valence-electron chi connectivity index (χ4n) is 1.54. The van der Waals surface area contributed by atoms with Crippen LogP contribution >= 0.6 is 38.9 Å². The highest BCUT2D eigenvalue weighted by Crippen LogP contribution is 2.43. The van der Waals surface area contributed by atoms with E-state index in [2.05, 4.69) is 28.9 Å². The first-order valence-corrected chi connectivity index (χ1v) is 6.61. The van der Waals surface area contributed by atoms with E-state index < -0.39 is 0 Å². The Labute approximate surface area is 96.4 Å². The number of hydrogen-bond acceptors (Lipinski definition) is 1. The maximum Gasteiger partial charge on any atom is 0.0704 e. The van der Waals surface area contributed by atoms with Crippen molar-refractivity contribution in [3.63, 3.8) is 0 Å². The first kappa shape index (κ1) is 10.0. The Kier molecular flexibility index (Phi) is 3.01. The van der Waals surface area contributed by atoms with Crippen molar-refractivity contribution in [2.24, 2.45) is 5.92 Å². The van der Waals surface area contributed by atoms with Crippen LogP contribution in [0.25, 0.3) is 0 Å². The maximum absolute atomic E-state index is 6.35. The van der Waals surface area contributed by atoms with Gasteiger partial charge in [0.1, 0.15) is 0 Å². The van der Waals surface area contributed by atoms with Crippen LogP contribution in [0.5, 0.6) is 0 Å². The molecule has 0 spiro atoms. The van der Waals surface area contributed by atoms with Gasteiger partial charge < -0.3 is 0 Å². The Balaban J connectivity index is 2.08. The average molecular weight is 280 g/mol. The molecule has 3 heteroatoms. The molecule has 13 heavy (non-hydrogen) atoms. The smallest absolute Gasteiger partial charge is 0.0704 e. The molecule has 0 saturated heterocycles. The summed E-state index contributed by atoms with van der Waals surface area (Å²) >= 11 is 11.6. The minimum atomic E-state index is 0.232. The molecule has 0 aliphatic heterocycles. The second kappa shape index (κ2) is 3.92. The lowest BCUT2D eigenvalue weighted by atomic mass is 10.1. The lowest BCUT2D eigenvalue weighted by Gasteiger charge is -2.07. The molecule has 2 rings (SSSR count). The van der Waals surface area contributed by atoms with Crippen molar-refractivity contribution >= 4 is 38.9 Å². The largest absolute Gasteiger partial charge is 0.133 e. The summed E-state index contributed by atoms with van der Waals surface area (Å²) in [4.78, 5) is 1.35. The third kappa shape index (κ3) is 2.48. The lowest BCUT2D eigenvalue weighted by Crippen LogP contribution is -1.91. The van der Waals surface area contributed by atoms with Gasteiger partial charge in [-0.25, -0.2) is 0 Å². The summed E-state index contributed by atoms with van der Waals surface area (Å²) in [6.45, 7) is 2.15. The first-order valence-electron chi connectivity index (χ1n) is 4.56. The van der Waals surface area contributed by atoms with Crippen molar-refractivity contribution in [2.45, 2.75) is 31.6 Å². The van der Waals surface area contributed by atoms with Gasteiger partial charge in [-0.05, 0) is 46.8 Å². The molecule has 1 aromatic rings. The van der Waals surface area contributed by atoms with E-state index in [0.29, 0.717) is 0 Å². The van der Waals surface area contributed by atoms with Gasteiger partial charge in [-0.2, -0.15) is 0 Å². The quantitative estimate of drug-likeness (QED) is 0.690. The number of alkyl halides is 1. The van der Waals surface area contributed by atoms with Crippen molar-refractivity contribution in [1.82, 2.24) is 0 Å². The number of aryl methyl sites for hydroxylation is 1. The van der Waals surface area contributed by atoms with Gasteiger partial charge in [0.15, 0.2) is 0 Å². The van der Waals surface area contributed by atoms with Crippen LogP contribution in [0.4, 0.5) is 0 Å².